The Hall–Kier alpha value is -1.16. The van der Waals surface area contributed by atoms with Gasteiger partial charge in [-0.3, -0.25) is 0 Å². The van der Waals surface area contributed by atoms with Crippen molar-refractivity contribution in [1.82, 2.24) is 0 Å². The summed E-state index contributed by atoms with van der Waals surface area (Å²) in [6, 6.07) is 10.2. The average Bonchev–Trinajstić information content (AvgIpc) is 2.72. The van der Waals surface area contributed by atoms with Gasteiger partial charge >= 0.3 is 0 Å². The summed E-state index contributed by atoms with van der Waals surface area (Å²) in [5, 5.41) is 13.3. The van der Waals surface area contributed by atoms with E-state index in [0.717, 1.165) is 14.4 Å². The van der Waals surface area contributed by atoms with Crippen molar-refractivity contribution in [1.29, 1.82) is 5.26 Å². The van der Waals surface area contributed by atoms with E-state index in [2.05, 4.69) is 39.4 Å². The minimum absolute atomic E-state index is 0.570. The third-order valence-electron chi connectivity index (χ3n) is 2.55. The molecule has 3 N–H and O–H groups in total. The Morgan fingerprint density at radius 3 is 2.95 bits per heavy atom. The van der Waals surface area contributed by atoms with Gasteiger partial charge in [0, 0.05) is 11.0 Å². The van der Waals surface area contributed by atoms with Gasteiger partial charge in [-0.25, -0.2) is 0 Å². The Morgan fingerprint density at radius 2 is 2.32 bits per heavy atom. The van der Waals surface area contributed by atoms with Crippen LogP contribution in [0.5, 0.6) is 0 Å². The summed E-state index contributed by atoms with van der Waals surface area (Å²) in [7, 11) is 0. The lowest BCUT2D eigenvalue weighted by atomic mass is 10.2. The molecule has 0 amide bonds. The number of rotatable bonds is 4. The lowest BCUT2D eigenvalue weighted by Gasteiger charge is -2.06. The molecule has 0 fully saturated rings. The number of nitrogens with one attached hydrogen (secondary N) is 1. The van der Waals surface area contributed by atoms with E-state index in [-0.39, 0.29) is 0 Å². The molecular weight excluding hydrogens is 342 g/mol. The van der Waals surface area contributed by atoms with Gasteiger partial charge in [-0.15, -0.1) is 23.1 Å². The number of nitriles is 1. The van der Waals surface area contributed by atoms with Crippen LogP contribution in [0.3, 0.4) is 0 Å². The average molecular weight is 354 g/mol. The predicted octanol–water partition coefficient (Wildman–Crippen LogP) is 4.30. The minimum Gasteiger partial charge on any atom is -0.396 e. The quantitative estimate of drug-likeness (QED) is 0.804. The minimum atomic E-state index is 0.570. The molecule has 0 saturated carbocycles. The van der Waals surface area contributed by atoms with E-state index in [4.69, 9.17) is 11.0 Å². The van der Waals surface area contributed by atoms with E-state index in [1.807, 2.05) is 18.4 Å². The molecule has 2 aromatic rings. The Kier molecular flexibility index (Phi) is 4.75. The summed E-state index contributed by atoms with van der Waals surface area (Å²) in [5.41, 5.74) is 7.69. The molecule has 98 valence electrons. The summed E-state index contributed by atoms with van der Waals surface area (Å²) in [6.45, 7) is 0.706. The first-order valence-corrected chi connectivity index (χ1v) is 8.33. The number of benzene rings is 1. The standard InChI is InChI=1S/C13H12BrN3S2/c1-18-12-11(16)10(6-15)19-13(12)17-7-8-3-2-4-9(14)5-8/h2-5,17H,7,16H2,1H3. The molecule has 0 aliphatic rings. The third kappa shape index (κ3) is 3.24. The van der Waals surface area contributed by atoms with Crippen LogP contribution in [-0.4, -0.2) is 6.26 Å². The van der Waals surface area contributed by atoms with Gasteiger partial charge in [0.05, 0.1) is 10.6 Å². The van der Waals surface area contributed by atoms with Gasteiger partial charge in [0.25, 0.3) is 0 Å². The molecule has 2 rings (SSSR count). The van der Waals surface area contributed by atoms with Crippen molar-refractivity contribution in [3.8, 4) is 6.07 Å². The fourth-order valence-electron chi connectivity index (χ4n) is 1.66. The number of anilines is 2. The molecule has 0 unspecified atom stereocenters. The largest absolute Gasteiger partial charge is 0.396 e. The van der Waals surface area contributed by atoms with Crippen molar-refractivity contribution in [3.63, 3.8) is 0 Å². The number of thiophene rings is 1. The second-order valence-electron chi connectivity index (χ2n) is 3.80. The zero-order valence-corrected chi connectivity index (χ0v) is 13.5. The van der Waals surface area contributed by atoms with Gasteiger partial charge in [-0.05, 0) is 24.0 Å². The Bertz CT molecular complexity index is 631. The molecule has 0 radical (unpaired) electrons. The van der Waals surface area contributed by atoms with E-state index in [1.54, 1.807) is 11.8 Å². The monoisotopic (exact) mass is 353 g/mol. The van der Waals surface area contributed by atoms with Crippen LogP contribution >= 0.6 is 39.0 Å². The second-order valence-corrected chi connectivity index (χ2v) is 6.56. The van der Waals surface area contributed by atoms with Crippen LogP contribution in [0.1, 0.15) is 10.4 Å². The zero-order chi connectivity index (χ0) is 13.8. The maximum atomic E-state index is 9.01. The molecule has 6 heteroatoms. The third-order valence-corrected chi connectivity index (χ3v) is 5.07. The van der Waals surface area contributed by atoms with Gasteiger partial charge in [0.1, 0.15) is 15.9 Å². The van der Waals surface area contributed by atoms with E-state index in [1.165, 1.54) is 16.9 Å². The van der Waals surface area contributed by atoms with Crippen LogP contribution in [0.25, 0.3) is 0 Å². The Balaban J connectivity index is 2.18. The number of hydrogen-bond donors (Lipinski definition) is 2. The van der Waals surface area contributed by atoms with Crippen molar-refractivity contribution >= 4 is 49.7 Å². The molecule has 0 aliphatic carbocycles. The fraction of sp³-hybridized carbons (Fsp3) is 0.154. The number of nitrogens with two attached hydrogens (primary N) is 1. The lowest BCUT2D eigenvalue weighted by molar-refractivity contribution is 1.15. The molecule has 1 heterocycles. The summed E-state index contributed by atoms with van der Waals surface area (Å²) in [4.78, 5) is 1.53. The van der Waals surface area contributed by atoms with E-state index in [9.17, 15) is 0 Å². The summed E-state index contributed by atoms with van der Waals surface area (Å²) < 4.78 is 1.06. The molecule has 0 atom stereocenters. The van der Waals surface area contributed by atoms with Gasteiger partial charge in [-0.1, -0.05) is 28.1 Å². The maximum absolute atomic E-state index is 9.01. The summed E-state index contributed by atoms with van der Waals surface area (Å²) >= 11 is 6.41. The summed E-state index contributed by atoms with van der Waals surface area (Å²) in [6.07, 6.45) is 1.96. The van der Waals surface area contributed by atoms with Crippen LogP contribution in [0, 0.1) is 11.3 Å². The highest BCUT2D eigenvalue weighted by atomic mass is 79.9. The number of nitrogen functional groups attached to an aromatic ring is 1. The molecule has 0 saturated heterocycles. The molecule has 1 aromatic heterocycles. The van der Waals surface area contributed by atoms with Crippen molar-refractivity contribution < 1.29 is 0 Å². The van der Waals surface area contributed by atoms with Gasteiger partial charge < -0.3 is 11.1 Å². The molecule has 0 bridgehead atoms. The first-order chi connectivity index (χ1) is 9.15. The van der Waals surface area contributed by atoms with E-state index in [0.29, 0.717) is 17.1 Å². The number of thioether (sulfide) groups is 1. The van der Waals surface area contributed by atoms with Crippen molar-refractivity contribution in [2.24, 2.45) is 0 Å². The Labute approximate surface area is 128 Å². The van der Waals surface area contributed by atoms with Crippen molar-refractivity contribution in [2.75, 3.05) is 17.3 Å². The summed E-state index contributed by atoms with van der Waals surface area (Å²) in [5.74, 6) is 0. The molecule has 1 aromatic carbocycles. The van der Waals surface area contributed by atoms with Gasteiger partial charge in [-0.2, -0.15) is 5.26 Å². The highest BCUT2D eigenvalue weighted by molar-refractivity contribution is 9.10. The van der Waals surface area contributed by atoms with Crippen LogP contribution < -0.4 is 11.1 Å². The maximum Gasteiger partial charge on any atom is 0.131 e. The molecule has 0 aliphatic heterocycles. The second kappa shape index (κ2) is 6.33. The first kappa shape index (κ1) is 14.3. The number of nitrogens with zero attached hydrogens (tertiary/aromatic N) is 1. The molecule has 0 spiro atoms. The van der Waals surface area contributed by atoms with Crippen LogP contribution in [0.2, 0.25) is 0 Å². The number of hydrogen-bond acceptors (Lipinski definition) is 5. The van der Waals surface area contributed by atoms with Crippen LogP contribution in [0.15, 0.2) is 33.6 Å². The normalized spacial score (nSPS) is 10.2. The number of halogens is 1. The predicted molar refractivity (Wildman–Crippen MR) is 86.7 cm³/mol. The first-order valence-electron chi connectivity index (χ1n) is 5.50. The van der Waals surface area contributed by atoms with E-state index >= 15 is 0 Å². The van der Waals surface area contributed by atoms with Crippen molar-refractivity contribution in [2.45, 2.75) is 11.4 Å². The fourth-order valence-corrected chi connectivity index (χ4v) is 3.93. The van der Waals surface area contributed by atoms with Gasteiger partial charge in [0.15, 0.2) is 0 Å². The van der Waals surface area contributed by atoms with Gasteiger partial charge in [0.2, 0.25) is 0 Å². The highest BCUT2D eigenvalue weighted by Crippen LogP contribution is 2.41. The smallest absolute Gasteiger partial charge is 0.131 e. The molecule has 19 heavy (non-hydrogen) atoms. The zero-order valence-electron chi connectivity index (χ0n) is 10.2. The highest BCUT2D eigenvalue weighted by Gasteiger charge is 2.14. The van der Waals surface area contributed by atoms with Crippen LogP contribution in [0.4, 0.5) is 10.7 Å². The molecule has 3 nitrogen and oxygen atoms in total. The lowest BCUT2D eigenvalue weighted by Crippen LogP contribution is -1.98. The topological polar surface area (TPSA) is 61.8 Å². The van der Waals surface area contributed by atoms with E-state index < -0.39 is 0 Å². The Morgan fingerprint density at radius 1 is 1.53 bits per heavy atom. The molecular formula is C13H12BrN3S2. The van der Waals surface area contributed by atoms with Crippen molar-refractivity contribution in [3.05, 3.63) is 39.2 Å². The van der Waals surface area contributed by atoms with Crippen LogP contribution in [-0.2, 0) is 6.54 Å². The SMILES string of the molecule is CSc1c(NCc2cccc(Br)c2)sc(C#N)c1N.